The Labute approximate surface area is 122 Å². The summed E-state index contributed by atoms with van der Waals surface area (Å²) in [5, 5.41) is 2.61. The smallest absolute Gasteiger partial charge is 0.241 e. The van der Waals surface area contributed by atoms with E-state index in [9.17, 15) is 16.8 Å². The van der Waals surface area contributed by atoms with Crippen molar-refractivity contribution in [3.05, 3.63) is 66.2 Å². The summed E-state index contributed by atoms with van der Waals surface area (Å²) in [6.45, 7) is 0. The molecule has 2 aromatic carbocycles. The highest BCUT2D eigenvalue weighted by Crippen LogP contribution is 2.26. The Hall–Kier alpha value is -2.06. The van der Waals surface area contributed by atoms with E-state index in [1.165, 1.54) is 48.5 Å². The van der Waals surface area contributed by atoms with Crippen molar-refractivity contribution in [3.8, 4) is 0 Å². The van der Waals surface area contributed by atoms with Gasteiger partial charge < -0.3 is 10.6 Å². The lowest BCUT2D eigenvalue weighted by atomic mass is 10.4. The first-order chi connectivity index (χ1) is 9.90. The van der Waals surface area contributed by atoms with Gasteiger partial charge in [-0.15, -0.1) is 0 Å². The lowest BCUT2D eigenvalue weighted by molar-refractivity contribution is 0.575. The van der Waals surface area contributed by atoms with Crippen molar-refractivity contribution >= 4 is 19.7 Å². The molecule has 2 rings (SSSR count). The molecule has 0 aromatic heterocycles. The highest BCUT2D eigenvalue weighted by Gasteiger charge is 2.37. The van der Waals surface area contributed by atoms with Gasteiger partial charge >= 0.3 is 0 Å². The van der Waals surface area contributed by atoms with Crippen molar-refractivity contribution in [3.63, 3.8) is 0 Å². The third kappa shape index (κ3) is 2.86. The Balaban J connectivity index is 2.58. The minimum Gasteiger partial charge on any atom is -0.710 e. The van der Waals surface area contributed by atoms with Crippen LogP contribution in [0.3, 0.4) is 0 Å². The molecule has 21 heavy (non-hydrogen) atoms. The zero-order valence-electron chi connectivity index (χ0n) is 10.7. The summed E-state index contributed by atoms with van der Waals surface area (Å²) in [7, 11) is -8.72. The number of nitrogens with zero attached hydrogens (tertiary/aromatic N) is 2. The van der Waals surface area contributed by atoms with Crippen LogP contribution in [-0.2, 0) is 19.7 Å². The van der Waals surface area contributed by atoms with Crippen LogP contribution in [0.2, 0.25) is 0 Å². The second-order valence-electron chi connectivity index (χ2n) is 4.14. The summed E-state index contributed by atoms with van der Waals surface area (Å²) < 4.78 is 47.1. The first-order valence-electron chi connectivity index (χ1n) is 5.83. The largest absolute Gasteiger partial charge is 0.710 e. The van der Waals surface area contributed by atoms with Crippen molar-refractivity contribution in [2.24, 2.45) is 5.11 Å². The molecule has 0 bridgehead atoms. The Morgan fingerprint density at radius 2 is 1.05 bits per heavy atom. The molecule has 0 aliphatic heterocycles. The summed E-state index contributed by atoms with van der Waals surface area (Å²) >= 11 is 0. The molecule has 110 valence electrons. The minimum atomic E-state index is -4.36. The van der Waals surface area contributed by atoms with Gasteiger partial charge in [-0.05, 0) is 24.3 Å². The molecule has 0 radical (unpaired) electrons. The molecule has 0 N–H and O–H groups in total. The summed E-state index contributed by atoms with van der Waals surface area (Å²) in [4.78, 5) is -0.459. The van der Waals surface area contributed by atoms with Crippen LogP contribution in [0.5, 0.6) is 0 Å². The molecular weight excluding hydrogens is 312 g/mol. The summed E-state index contributed by atoms with van der Waals surface area (Å²) in [5.41, 5.74) is 8.99. The molecule has 0 saturated carbocycles. The van der Waals surface area contributed by atoms with E-state index in [4.69, 9.17) is 5.53 Å². The number of benzene rings is 2. The third-order valence-electron chi connectivity index (χ3n) is 2.77. The minimum absolute atomic E-state index is 0.229. The first kappa shape index (κ1) is 15.3. The highest BCUT2D eigenvalue weighted by atomic mass is 32.3. The number of hydrogen-bond donors (Lipinski definition) is 0. The van der Waals surface area contributed by atoms with E-state index in [1.54, 1.807) is 12.1 Å². The Bertz CT molecular complexity index is 763. The fraction of sp³-hybridized carbons (Fsp3) is 0.0769. The van der Waals surface area contributed by atoms with Gasteiger partial charge in [-0.3, -0.25) is 0 Å². The molecule has 0 spiro atoms. The molecule has 0 saturated heterocycles. The predicted octanol–water partition coefficient (Wildman–Crippen LogP) is 2.24. The van der Waals surface area contributed by atoms with Crippen LogP contribution in [0.4, 0.5) is 0 Å². The lowest BCUT2D eigenvalue weighted by Gasteiger charge is -2.16. The van der Waals surface area contributed by atoms with Gasteiger partial charge in [0.1, 0.15) is 0 Å². The molecule has 0 amide bonds. The zero-order chi connectivity index (χ0) is 15.5. The van der Waals surface area contributed by atoms with Gasteiger partial charge in [0.2, 0.25) is 24.4 Å². The van der Waals surface area contributed by atoms with E-state index >= 15 is 0 Å². The van der Waals surface area contributed by atoms with Crippen molar-refractivity contribution in [2.45, 2.75) is 14.5 Å². The van der Waals surface area contributed by atoms with Crippen LogP contribution in [0, 0.1) is 0 Å². The first-order valence-corrected chi connectivity index (χ1v) is 8.92. The molecule has 8 heteroatoms. The van der Waals surface area contributed by atoms with Crippen molar-refractivity contribution in [1.82, 2.24) is 0 Å². The second kappa shape index (κ2) is 5.74. The maximum Gasteiger partial charge on any atom is 0.241 e. The van der Waals surface area contributed by atoms with Crippen LogP contribution >= 0.6 is 0 Å². The maximum atomic E-state index is 12.4. The normalized spacial score (nSPS) is 12.2. The highest BCUT2D eigenvalue weighted by molar-refractivity contribution is 8.09. The van der Waals surface area contributed by atoms with Crippen LogP contribution in [-0.4, -0.2) is 21.5 Å². The molecule has 0 fully saturated rings. The molecule has 2 aromatic rings. The summed E-state index contributed by atoms with van der Waals surface area (Å²) in [5.74, 6) is 0. The standard InChI is InChI=1S/C13H11N2O4S2/c14-15-13(20(16,17)11-7-3-1-4-8-11)21(18,19)12-9-5-2-6-10-12/h1-10,13H/q-1. The van der Waals surface area contributed by atoms with E-state index in [0.717, 1.165) is 0 Å². The van der Waals surface area contributed by atoms with Gasteiger partial charge in [-0.25, -0.2) is 16.8 Å². The van der Waals surface area contributed by atoms with E-state index in [2.05, 4.69) is 5.11 Å². The second-order valence-corrected chi connectivity index (χ2v) is 8.45. The summed E-state index contributed by atoms with van der Waals surface area (Å²) in [6.07, 6.45) is 0. The number of rotatable bonds is 5. The lowest BCUT2D eigenvalue weighted by Crippen LogP contribution is -2.28. The van der Waals surface area contributed by atoms with Gasteiger partial charge in [0.25, 0.3) is 0 Å². The summed E-state index contributed by atoms with van der Waals surface area (Å²) in [6, 6.07) is 14.0. The molecule has 0 aliphatic rings. The topological polar surface area (TPSA) is 103 Å². The zero-order valence-corrected chi connectivity index (χ0v) is 12.3. The Morgan fingerprint density at radius 1 is 0.714 bits per heavy atom. The molecule has 0 heterocycles. The molecule has 0 atom stereocenters. The Morgan fingerprint density at radius 3 is 1.33 bits per heavy atom. The number of hydrogen-bond acceptors (Lipinski definition) is 5. The van der Waals surface area contributed by atoms with Crippen LogP contribution < -0.4 is 0 Å². The monoisotopic (exact) mass is 323 g/mol. The Kier molecular flexibility index (Phi) is 4.19. The maximum absolute atomic E-state index is 12.4. The van der Waals surface area contributed by atoms with Crippen LogP contribution in [0.1, 0.15) is 0 Å². The van der Waals surface area contributed by atoms with E-state index in [1.807, 2.05) is 0 Å². The fourth-order valence-corrected chi connectivity index (χ4v) is 5.53. The molecule has 0 aliphatic carbocycles. The van der Waals surface area contributed by atoms with Gasteiger partial charge in [-0.1, -0.05) is 36.4 Å². The number of sulfone groups is 2. The van der Waals surface area contributed by atoms with Crippen molar-refractivity contribution < 1.29 is 16.8 Å². The van der Waals surface area contributed by atoms with Crippen molar-refractivity contribution in [1.29, 1.82) is 0 Å². The SMILES string of the molecule is [N-]=NC(S(=O)(=O)c1ccccc1)S(=O)(=O)c1ccccc1. The third-order valence-corrected chi connectivity index (χ3v) is 7.40. The quantitative estimate of drug-likeness (QED) is 0.787. The van der Waals surface area contributed by atoms with E-state index < -0.39 is 24.4 Å². The molecule has 0 unspecified atom stereocenters. The van der Waals surface area contributed by atoms with Gasteiger partial charge in [0.15, 0.2) is 0 Å². The fourth-order valence-electron chi connectivity index (χ4n) is 1.74. The van der Waals surface area contributed by atoms with Crippen LogP contribution in [0.15, 0.2) is 75.6 Å². The van der Waals surface area contributed by atoms with E-state index in [-0.39, 0.29) is 9.79 Å². The van der Waals surface area contributed by atoms with Gasteiger partial charge in [-0.2, -0.15) is 0 Å². The predicted molar refractivity (Wildman–Crippen MR) is 76.8 cm³/mol. The van der Waals surface area contributed by atoms with Gasteiger partial charge in [0.05, 0.1) is 9.79 Å². The average Bonchev–Trinajstić information content (AvgIpc) is 2.49. The molecule has 6 nitrogen and oxygen atoms in total. The molecular formula is C13H11N2O4S2-. The van der Waals surface area contributed by atoms with Gasteiger partial charge in [0, 0.05) is 0 Å². The average molecular weight is 323 g/mol. The van der Waals surface area contributed by atoms with Crippen molar-refractivity contribution in [2.75, 3.05) is 0 Å². The van der Waals surface area contributed by atoms with E-state index in [0.29, 0.717) is 0 Å². The van der Waals surface area contributed by atoms with Crippen LogP contribution in [0.25, 0.3) is 5.53 Å².